The van der Waals surface area contributed by atoms with Gasteiger partial charge in [-0.3, -0.25) is 0 Å². The van der Waals surface area contributed by atoms with Gasteiger partial charge in [-0.15, -0.1) is 0 Å². The quantitative estimate of drug-likeness (QED) is 0.883. The molecule has 1 aromatic rings. The van der Waals surface area contributed by atoms with Gasteiger partial charge in [-0.2, -0.15) is 0 Å². The van der Waals surface area contributed by atoms with Gasteiger partial charge in [0.2, 0.25) is 0 Å². The number of hydrogen-bond acceptors (Lipinski definition) is 2. The van der Waals surface area contributed by atoms with Crippen molar-refractivity contribution in [3.63, 3.8) is 0 Å². The maximum absolute atomic E-state index is 15.5. The second kappa shape index (κ2) is 5.69. The molecule has 1 aliphatic carbocycles. The number of aliphatic hydroxyl groups is 1. The Kier molecular flexibility index (Phi) is 4.06. The summed E-state index contributed by atoms with van der Waals surface area (Å²) in [6, 6.07) is 8.08. The van der Waals surface area contributed by atoms with Crippen LogP contribution in [0.2, 0.25) is 0 Å². The van der Waals surface area contributed by atoms with Crippen LogP contribution in [0, 0.1) is 6.92 Å². The number of halogens is 1. The lowest BCUT2D eigenvalue weighted by molar-refractivity contribution is -0.180. The second-order valence-corrected chi connectivity index (χ2v) is 6.78. The average Bonchev–Trinajstić information content (AvgIpc) is 2.49. The molecule has 1 saturated heterocycles. The molecule has 2 nitrogen and oxygen atoms in total. The van der Waals surface area contributed by atoms with Crippen LogP contribution in [0.3, 0.4) is 0 Å². The van der Waals surface area contributed by atoms with Gasteiger partial charge >= 0.3 is 0 Å². The van der Waals surface area contributed by atoms with E-state index in [0.717, 1.165) is 24.8 Å². The van der Waals surface area contributed by atoms with E-state index in [9.17, 15) is 5.11 Å². The SMILES string of the molecule is Cc1ccc(C2CC(F)(C3(O)CCCCC3)CCO2)cc1. The van der Waals surface area contributed by atoms with Crippen molar-refractivity contribution in [1.82, 2.24) is 0 Å². The van der Waals surface area contributed by atoms with E-state index in [4.69, 9.17) is 4.74 Å². The molecule has 116 valence electrons. The molecule has 2 fully saturated rings. The predicted molar refractivity (Wildman–Crippen MR) is 81.0 cm³/mol. The monoisotopic (exact) mass is 292 g/mol. The molecule has 1 aliphatic heterocycles. The Morgan fingerprint density at radius 1 is 1.10 bits per heavy atom. The highest BCUT2D eigenvalue weighted by atomic mass is 19.1. The summed E-state index contributed by atoms with van der Waals surface area (Å²) in [5.41, 5.74) is -0.465. The van der Waals surface area contributed by atoms with Crippen LogP contribution in [0.25, 0.3) is 0 Å². The van der Waals surface area contributed by atoms with Crippen LogP contribution in [-0.4, -0.2) is 23.0 Å². The van der Waals surface area contributed by atoms with Crippen LogP contribution >= 0.6 is 0 Å². The van der Waals surface area contributed by atoms with Crippen molar-refractivity contribution in [2.45, 2.75) is 69.2 Å². The van der Waals surface area contributed by atoms with Crippen molar-refractivity contribution in [1.29, 1.82) is 0 Å². The lowest BCUT2D eigenvalue weighted by atomic mass is 9.69. The van der Waals surface area contributed by atoms with Gasteiger partial charge in [0, 0.05) is 12.8 Å². The normalized spacial score (nSPS) is 32.8. The Morgan fingerprint density at radius 3 is 2.43 bits per heavy atom. The lowest BCUT2D eigenvalue weighted by Crippen LogP contribution is -2.55. The van der Waals surface area contributed by atoms with Gasteiger partial charge in [0.05, 0.1) is 18.3 Å². The number of benzene rings is 1. The van der Waals surface area contributed by atoms with E-state index in [1.165, 1.54) is 5.56 Å². The van der Waals surface area contributed by atoms with E-state index in [2.05, 4.69) is 0 Å². The lowest BCUT2D eigenvalue weighted by Gasteiger charge is -2.47. The van der Waals surface area contributed by atoms with Crippen LogP contribution < -0.4 is 0 Å². The van der Waals surface area contributed by atoms with Crippen LogP contribution in [0.4, 0.5) is 4.39 Å². The number of alkyl halides is 1. The fourth-order valence-corrected chi connectivity index (χ4v) is 3.82. The number of aryl methyl sites for hydroxylation is 1. The van der Waals surface area contributed by atoms with Crippen LogP contribution in [0.1, 0.15) is 62.2 Å². The van der Waals surface area contributed by atoms with Crippen LogP contribution in [0.15, 0.2) is 24.3 Å². The summed E-state index contributed by atoms with van der Waals surface area (Å²) in [6.07, 6.45) is 4.48. The molecule has 3 rings (SSSR count). The van der Waals surface area contributed by atoms with Crippen molar-refractivity contribution in [2.75, 3.05) is 6.61 Å². The largest absolute Gasteiger partial charge is 0.387 e. The zero-order valence-electron chi connectivity index (χ0n) is 12.8. The Morgan fingerprint density at radius 2 is 1.76 bits per heavy atom. The first kappa shape index (κ1) is 15.0. The summed E-state index contributed by atoms with van der Waals surface area (Å²) in [7, 11) is 0. The molecule has 1 aromatic carbocycles. The highest BCUT2D eigenvalue weighted by molar-refractivity contribution is 5.24. The standard InChI is InChI=1S/C18H25FO2/c1-14-5-7-15(8-6-14)16-13-17(19,11-12-21-16)18(20)9-3-2-4-10-18/h5-8,16,20H,2-4,9-13H2,1H3. The number of ether oxygens (including phenoxy) is 1. The third kappa shape index (κ3) is 2.86. The van der Waals surface area contributed by atoms with E-state index in [-0.39, 0.29) is 12.5 Å². The molecule has 0 amide bonds. The summed E-state index contributed by atoms with van der Waals surface area (Å²) in [5, 5.41) is 10.8. The van der Waals surface area contributed by atoms with E-state index in [0.29, 0.717) is 25.9 Å². The summed E-state index contributed by atoms with van der Waals surface area (Å²) in [5.74, 6) is 0. The maximum Gasteiger partial charge on any atom is 0.144 e. The van der Waals surface area contributed by atoms with E-state index in [1.807, 2.05) is 31.2 Å². The van der Waals surface area contributed by atoms with E-state index < -0.39 is 11.3 Å². The first-order valence-corrected chi connectivity index (χ1v) is 8.12. The molecule has 21 heavy (non-hydrogen) atoms. The number of hydrogen-bond donors (Lipinski definition) is 1. The molecule has 3 heteroatoms. The molecule has 0 radical (unpaired) electrons. The fourth-order valence-electron chi connectivity index (χ4n) is 3.82. The minimum atomic E-state index is -1.51. The van der Waals surface area contributed by atoms with Crippen molar-refractivity contribution in [3.05, 3.63) is 35.4 Å². The Bertz CT molecular complexity index is 478. The minimum Gasteiger partial charge on any atom is -0.387 e. The molecular formula is C18H25FO2. The number of rotatable bonds is 2. The van der Waals surface area contributed by atoms with Crippen molar-refractivity contribution in [2.24, 2.45) is 0 Å². The van der Waals surface area contributed by atoms with Gasteiger partial charge < -0.3 is 9.84 Å². The Balaban J connectivity index is 1.79. The van der Waals surface area contributed by atoms with Crippen molar-refractivity contribution < 1.29 is 14.2 Å². The van der Waals surface area contributed by atoms with Gasteiger partial charge in [0.25, 0.3) is 0 Å². The van der Waals surface area contributed by atoms with Gasteiger partial charge in [0.1, 0.15) is 5.67 Å². The predicted octanol–water partition coefficient (Wildman–Crippen LogP) is 4.25. The second-order valence-electron chi connectivity index (χ2n) is 6.78. The van der Waals surface area contributed by atoms with Gasteiger partial charge in [-0.1, -0.05) is 49.1 Å². The van der Waals surface area contributed by atoms with Gasteiger partial charge in [-0.05, 0) is 25.3 Å². The third-order valence-electron chi connectivity index (χ3n) is 5.29. The molecule has 2 atom stereocenters. The Hall–Kier alpha value is -0.930. The summed E-state index contributed by atoms with van der Waals surface area (Å²) in [4.78, 5) is 0. The molecule has 1 N–H and O–H groups in total. The topological polar surface area (TPSA) is 29.5 Å². The van der Waals surface area contributed by atoms with Gasteiger partial charge in [0.15, 0.2) is 0 Å². The average molecular weight is 292 g/mol. The van der Waals surface area contributed by atoms with Gasteiger partial charge in [-0.25, -0.2) is 4.39 Å². The van der Waals surface area contributed by atoms with Crippen LogP contribution in [0.5, 0.6) is 0 Å². The molecule has 1 heterocycles. The Labute approximate surface area is 126 Å². The molecular weight excluding hydrogens is 267 g/mol. The third-order valence-corrected chi connectivity index (χ3v) is 5.29. The zero-order chi connectivity index (χ0) is 14.9. The fraction of sp³-hybridized carbons (Fsp3) is 0.667. The maximum atomic E-state index is 15.5. The first-order chi connectivity index (χ1) is 10.0. The molecule has 2 aliphatic rings. The molecule has 0 aromatic heterocycles. The summed E-state index contributed by atoms with van der Waals surface area (Å²) >= 11 is 0. The smallest absolute Gasteiger partial charge is 0.144 e. The zero-order valence-corrected chi connectivity index (χ0v) is 12.8. The molecule has 0 bridgehead atoms. The molecule has 2 unspecified atom stereocenters. The van der Waals surface area contributed by atoms with E-state index >= 15 is 4.39 Å². The summed E-state index contributed by atoms with van der Waals surface area (Å²) < 4.78 is 21.3. The van der Waals surface area contributed by atoms with Crippen LogP contribution in [-0.2, 0) is 4.74 Å². The van der Waals surface area contributed by atoms with Crippen molar-refractivity contribution >= 4 is 0 Å². The highest BCUT2D eigenvalue weighted by Crippen LogP contribution is 2.48. The molecule has 0 spiro atoms. The highest BCUT2D eigenvalue weighted by Gasteiger charge is 2.53. The molecule has 1 saturated carbocycles. The van der Waals surface area contributed by atoms with E-state index in [1.54, 1.807) is 0 Å². The summed E-state index contributed by atoms with van der Waals surface area (Å²) in [6.45, 7) is 2.42. The first-order valence-electron chi connectivity index (χ1n) is 8.12. The minimum absolute atomic E-state index is 0.240. The van der Waals surface area contributed by atoms with Crippen molar-refractivity contribution in [3.8, 4) is 0 Å².